The van der Waals surface area contributed by atoms with E-state index in [-0.39, 0.29) is 0 Å². The van der Waals surface area contributed by atoms with Gasteiger partial charge in [-0.3, -0.25) is 4.57 Å². The molecule has 0 heterocycles. The van der Waals surface area contributed by atoms with Gasteiger partial charge < -0.3 is 4.52 Å². The first-order valence-electron chi connectivity index (χ1n) is 7.29. The molecule has 116 valence electrons. The Morgan fingerprint density at radius 1 is 0.739 bits per heavy atom. The Morgan fingerprint density at radius 2 is 1.22 bits per heavy atom. The molecule has 0 aromatic heterocycles. The van der Waals surface area contributed by atoms with E-state index in [1.807, 2.05) is 84.9 Å². The van der Waals surface area contributed by atoms with Gasteiger partial charge in [-0.1, -0.05) is 64.5 Å². The fraction of sp³-hybridized carbons (Fsp3) is 0.0526. The Hall–Kier alpha value is -1.67. The molecule has 3 aromatic rings. The Labute approximate surface area is 144 Å². The van der Waals surface area contributed by atoms with Gasteiger partial charge in [-0.15, -0.1) is 0 Å². The molecule has 4 heteroatoms. The highest BCUT2D eigenvalue weighted by atomic mass is 79.9. The summed E-state index contributed by atoms with van der Waals surface area (Å²) in [6.45, 7) is 0.300. The lowest BCUT2D eigenvalue weighted by atomic mass is 10.2. The lowest BCUT2D eigenvalue weighted by Gasteiger charge is -2.19. The van der Waals surface area contributed by atoms with Crippen molar-refractivity contribution in [1.29, 1.82) is 0 Å². The van der Waals surface area contributed by atoms with Crippen LogP contribution in [0.4, 0.5) is 0 Å². The van der Waals surface area contributed by atoms with E-state index in [1.54, 1.807) is 0 Å². The molecule has 0 radical (unpaired) electrons. The smallest absolute Gasteiger partial charge is 0.261 e. The molecular formula is C19H16BrO2P. The summed E-state index contributed by atoms with van der Waals surface area (Å²) >= 11 is 3.41. The first kappa shape index (κ1) is 16.2. The van der Waals surface area contributed by atoms with E-state index < -0.39 is 7.37 Å². The van der Waals surface area contributed by atoms with Gasteiger partial charge in [0.2, 0.25) is 0 Å². The van der Waals surface area contributed by atoms with Crippen LogP contribution >= 0.6 is 23.3 Å². The minimum atomic E-state index is -3.11. The Bertz CT molecular complexity index is 758. The predicted octanol–water partition coefficient (Wildman–Crippen LogP) is 4.89. The maximum absolute atomic E-state index is 13.6. The molecular weight excluding hydrogens is 371 g/mol. The van der Waals surface area contributed by atoms with Crippen LogP contribution in [0.5, 0.6) is 0 Å². The SMILES string of the molecule is O=P(OCc1ccc(Br)cc1)(c1ccccc1)c1ccccc1. The van der Waals surface area contributed by atoms with Crippen LogP contribution in [0.15, 0.2) is 89.4 Å². The third-order valence-corrected chi connectivity index (χ3v) is 6.50. The maximum atomic E-state index is 13.6. The van der Waals surface area contributed by atoms with Crippen LogP contribution in [0, 0.1) is 0 Å². The molecule has 0 amide bonds. The highest BCUT2D eigenvalue weighted by molar-refractivity contribution is 9.10. The van der Waals surface area contributed by atoms with Gasteiger partial charge in [0.25, 0.3) is 7.37 Å². The maximum Gasteiger partial charge on any atom is 0.261 e. The summed E-state index contributed by atoms with van der Waals surface area (Å²) < 4.78 is 20.6. The van der Waals surface area contributed by atoms with Crippen LogP contribution in [0.2, 0.25) is 0 Å². The van der Waals surface area contributed by atoms with Crippen LogP contribution in [-0.4, -0.2) is 0 Å². The van der Waals surface area contributed by atoms with Crippen LogP contribution in [0.25, 0.3) is 0 Å². The zero-order chi connectivity index (χ0) is 16.1. The third-order valence-electron chi connectivity index (χ3n) is 3.52. The summed E-state index contributed by atoms with van der Waals surface area (Å²) in [7, 11) is -3.11. The summed E-state index contributed by atoms with van der Waals surface area (Å²) in [5.41, 5.74) is 0.986. The van der Waals surface area contributed by atoms with Crippen molar-refractivity contribution in [2.45, 2.75) is 6.61 Å². The Kier molecular flexibility index (Phi) is 5.12. The van der Waals surface area contributed by atoms with Gasteiger partial charge in [0.05, 0.1) is 6.61 Å². The molecule has 2 nitrogen and oxygen atoms in total. The van der Waals surface area contributed by atoms with Gasteiger partial charge in [0.1, 0.15) is 0 Å². The minimum Gasteiger partial charge on any atom is -0.317 e. The molecule has 0 saturated heterocycles. The van der Waals surface area contributed by atoms with Crippen molar-refractivity contribution in [2.24, 2.45) is 0 Å². The average molecular weight is 387 g/mol. The molecule has 3 rings (SSSR count). The summed E-state index contributed by atoms with van der Waals surface area (Å²) in [6.07, 6.45) is 0. The van der Waals surface area contributed by atoms with Crippen LogP contribution in [0.3, 0.4) is 0 Å². The molecule has 0 fully saturated rings. The van der Waals surface area contributed by atoms with Gasteiger partial charge in [0, 0.05) is 15.1 Å². The van der Waals surface area contributed by atoms with Crippen molar-refractivity contribution in [3.8, 4) is 0 Å². The number of hydrogen-bond donors (Lipinski definition) is 0. The standard InChI is InChI=1S/C19H16BrO2P/c20-17-13-11-16(12-14-17)15-22-23(21,18-7-3-1-4-8-18)19-9-5-2-6-10-19/h1-14H,15H2. The van der Waals surface area contributed by atoms with E-state index in [2.05, 4.69) is 15.9 Å². The van der Waals surface area contributed by atoms with E-state index in [4.69, 9.17) is 4.52 Å². The van der Waals surface area contributed by atoms with Gasteiger partial charge in [-0.25, -0.2) is 0 Å². The topological polar surface area (TPSA) is 26.3 Å². The molecule has 0 atom stereocenters. The van der Waals surface area contributed by atoms with E-state index >= 15 is 0 Å². The van der Waals surface area contributed by atoms with Gasteiger partial charge in [-0.05, 0) is 42.0 Å². The molecule has 0 saturated carbocycles. The fourth-order valence-electron chi connectivity index (χ4n) is 2.29. The van der Waals surface area contributed by atoms with E-state index in [9.17, 15) is 4.57 Å². The largest absolute Gasteiger partial charge is 0.317 e. The number of halogens is 1. The second-order valence-corrected chi connectivity index (χ2v) is 8.43. The Balaban J connectivity index is 1.93. The molecule has 0 aliphatic rings. The van der Waals surface area contributed by atoms with Crippen molar-refractivity contribution in [1.82, 2.24) is 0 Å². The second-order valence-electron chi connectivity index (χ2n) is 5.12. The molecule has 3 aromatic carbocycles. The molecule has 0 N–H and O–H groups in total. The van der Waals surface area contributed by atoms with Crippen molar-refractivity contribution in [3.05, 3.63) is 95.0 Å². The van der Waals surface area contributed by atoms with Gasteiger partial charge in [0.15, 0.2) is 0 Å². The zero-order valence-corrected chi connectivity index (χ0v) is 14.9. The number of rotatable bonds is 5. The molecule has 0 unspecified atom stereocenters. The third kappa shape index (κ3) is 3.81. The van der Waals surface area contributed by atoms with Crippen molar-refractivity contribution < 1.29 is 9.09 Å². The minimum absolute atomic E-state index is 0.300. The molecule has 0 bridgehead atoms. The van der Waals surface area contributed by atoms with Crippen molar-refractivity contribution in [2.75, 3.05) is 0 Å². The fourth-order valence-corrected chi connectivity index (χ4v) is 4.61. The van der Waals surface area contributed by atoms with E-state index in [0.29, 0.717) is 17.2 Å². The van der Waals surface area contributed by atoms with Gasteiger partial charge in [-0.2, -0.15) is 0 Å². The first-order valence-corrected chi connectivity index (χ1v) is 9.70. The molecule has 23 heavy (non-hydrogen) atoms. The highest BCUT2D eigenvalue weighted by Crippen LogP contribution is 2.45. The number of hydrogen-bond acceptors (Lipinski definition) is 2. The summed E-state index contributed by atoms with van der Waals surface area (Å²) in [5.74, 6) is 0. The van der Waals surface area contributed by atoms with E-state index in [0.717, 1.165) is 10.0 Å². The zero-order valence-electron chi connectivity index (χ0n) is 12.4. The highest BCUT2D eigenvalue weighted by Gasteiger charge is 2.28. The molecule has 0 spiro atoms. The van der Waals surface area contributed by atoms with E-state index in [1.165, 1.54) is 0 Å². The van der Waals surface area contributed by atoms with Crippen LogP contribution in [0.1, 0.15) is 5.56 Å². The first-order chi connectivity index (χ1) is 11.2. The molecule has 0 aliphatic heterocycles. The summed E-state index contributed by atoms with van der Waals surface area (Å²) in [4.78, 5) is 0. The van der Waals surface area contributed by atoms with Crippen molar-refractivity contribution in [3.63, 3.8) is 0 Å². The summed E-state index contributed by atoms with van der Waals surface area (Å²) in [6, 6.07) is 26.6. The van der Waals surface area contributed by atoms with Crippen LogP contribution < -0.4 is 10.6 Å². The average Bonchev–Trinajstić information content (AvgIpc) is 2.62. The monoisotopic (exact) mass is 386 g/mol. The quantitative estimate of drug-likeness (QED) is 0.583. The Morgan fingerprint density at radius 3 is 1.70 bits per heavy atom. The predicted molar refractivity (Wildman–Crippen MR) is 98.7 cm³/mol. The second kappa shape index (κ2) is 7.27. The molecule has 0 aliphatic carbocycles. The normalized spacial score (nSPS) is 11.3. The van der Waals surface area contributed by atoms with Crippen LogP contribution in [-0.2, 0) is 15.7 Å². The summed E-state index contributed by atoms with van der Waals surface area (Å²) in [5, 5.41) is 1.42. The van der Waals surface area contributed by atoms with Gasteiger partial charge >= 0.3 is 0 Å². The van der Waals surface area contributed by atoms with Crippen molar-refractivity contribution >= 4 is 33.9 Å². The lowest BCUT2D eigenvalue weighted by Crippen LogP contribution is -2.18. The lowest BCUT2D eigenvalue weighted by molar-refractivity contribution is 0.316. The number of benzene rings is 3.